The number of hydrogen-bond acceptors (Lipinski definition) is 3. The summed E-state index contributed by atoms with van der Waals surface area (Å²) in [7, 11) is 3.56. The zero-order valence-corrected chi connectivity index (χ0v) is 13.4. The molecule has 5 nitrogen and oxygen atoms in total. The molecule has 3 aromatic rings. The summed E-state index contributed by atoms with van der Waals surface area (Å²) in [4.78, 5) is 11.9. The SMILES string of the molecule is Cn1c(=O)n(C)c2cc(CNCC(O)c3ccccc3)ccc21. The number of nitrogens with one attached hydrogen (secondary N) is 1. The van der Waals surface area contributed by atoms with Crippen molar-refractivity contribution in [3.63, 3.8) is 0 Å². The molecule has 0 saturated carbocycles. The van der Waals surface area contributed by atoms with E-state index in [1.54, 1.807) is 23.2 Å². The molecule has 0 spiro atoms. The molecule has 0 saturated heterocycles. The molecule has 1 aromatic heterocycles. The number of aromatic nitrogens is 2. The molecule has 1 atom stereocenters. The van der Waals surface area contributed by atoms with Gasteiger partial charge in [-0.3, -0.25) is 9.13 Å². The lowest BCUT2D eigenvalue weighted by atomic mass is 10.1. The van der Waals surface area contributed by atoms with Crippen LogP contribution < -0.4 is 11.0 Å². The maximum Gasteiger partial charge on any atom is 0.328 e. The Labute approximate surface area is 134 Å². The second-order valence-electron chi connectivity index (χ2n) is 5.78. The van der Waals surface area contributed by atoms with Gasteiger partial charge >= 0.3 is 5.69 Å². The van der Waals surface area contributed by atoms with Gasteiger partial charge in [-0.1, -0.05) is 36.4 Å². The average molecular weight is 311 g/mol. The number of aliphatic hydroxyl groups excluding tert-OH is 1. The Morgan fingerprint density at radius 2 is 1.74 bits per heavy atom. The van der Waals surface area contributed by atoms with Gasteiger partial charge in [0.2, 0.25) is 0 Å². The molecule has 0 radical (unpaired) electrons. The first kappa shape index (κ1) is 15.5. The maximum absolute atomic E-state index is 11.9. The van der Waals surface area contributed by atoms with Gasteiger partial charge in [-0.2, -0.15) is 0 Å². The van der Waals surface area contributed by atoms with Gasteiger partial charge in [-0.05, 0) is 23.3 Å². The van der Waals surface area contributed by atoms with Crippen LogP contribution in [0.1, 0.15) is 17.2 Å². The van der Waals surface area contributed by atoms with Crippen LogP contribution in [0.25, 0.3) is 11.0 Å². The summed E-state index contributed by atoms with van der Waals surface area (Å²) >= 11 is 0. The molecule has 3 rings (SSSR count). The van der Waals surface area contributed by atoms with Crippen molar-refractivity contribution in [3.8, 4) is 0 Å². The maximum atomic E-state index is 11.9. The highest BCUT2D eigenvalue weighted by Gasteiger charge is 2.09. The molecular formula is C18H21N3O2. The molecule has 0 aliphatic carbocycles. The molecule has 0 aliphatic rings. The van der Waals surface area contributed by atoms with Crippen LogP contribution in [0, 0.1) is 0 Å². The largest absolute Gasteiger partial charge is 0.387 e. The number of aliphatic hydroxyl groups is 1. The van der Waals surface area contributed by atoms with Crippen LogP contribution in [0.4, 0.5) is 0 Å². The highest BCUT2D eigenvalue weighted by Crippen LogP contribution is 2.15. The highest BCUT2D eigenvalue weighted by atomic mass is 16.3. The Bertz CT molecular complexity index is 865. The topological polar surface area (TPSA) is 59.2 Å². The first-order valence-electron chi connectivity index (χ1n) is 7.66. The normalized spacial score (nSPS) is 12.7. The highest BCUT2D eigenvalue weighted by molar-refractivity contribution is 5.76. The van der Waals surface area contributed by atoms with Crippen molar-refractivity contribution in [2.75, 3.05) is 6.54 Å². The second-order valence-corrected chi connectivity index (χ2v) is 5.78. The molecule has 2 aromatic carbocycles. The summed E-state index contributed by atoms with van der Waals surface area (Å²) in [5, 5.41) is 13.4. The first-order valence-corrected chi connectivity index (χ1v) is 7.66. The summed E-state index contributed by atoms with van der Waals surface area (Å²) in [5.41, 5.74) is 3.80. The van der Waals surface area contributed by atoms with Crippen LogP contribution in [0.15, 0.2) is 53.3 Å². The first-order chi connectivity index (χ1) is 11.1. The number of aryl methyl sites for hydroxylation is 2. The van der Waals surface area contributed by atoms with E-state index in [2.05, 4.69) is 5.32 Å². The van der Waals surface area contributed by atoms with Crippen LogP contribution >= 0.6 is 0 Å². The number of benzene rings is 2. The van der Waals surface area contributed by atoms with Crippen molar-refractivity contribution in [3.05, 3.63) is 70.1 Å². The van der Waals surface area contributed by atoms with Gasteiger partial charge in [-0.25, -0.2) is 4.79 Å². The van der Waals surface area contributed by atoms with Crippen molar-refractivity contribution >= 4 is 11.0 Å². The van der Waals surface area contributed by atoms with Gasteiger partial charge in [0.25, 0.3) is 0 Å². The Morgan fingerprint density at radius 1 is 1.04 bits per heavy atom. The summed E-state index contributed by atoms with van der Waals surface area (Å²) in [6.45, 7) is 1.12. The van der Waals surface area contributed by atoms with Gasteiger partial charge < -0.3 is 10.4 Å². The van der Waals surface area contributed by atoms with E-state index in [0.29, 0.717) is 13.1 Å². The van der Waals surface area contributed by atoms with Crippen molar-refractivity contribution in [1.82, 2.24) is 14.5 Å². The number of nitrogens with zero attached hydrogens (tertiary/aromatic N) is 2. The van der Waals surface area contributed by atoms with Gasteiger partial charge in [0.1, 0.15) is 0 Å². The molecule has 23 heavy (non-hydrogen) atoms. The van der Waals surface area contributed by atoms with Crippen LogP contribution in [0.2, 0.25) is 0 Å². The van der Waals surface area contributed by atoms with E-state index in [1.807, 2.05) is 48.5 Å². The Morgan fingerprint density at radius 3 is 2.48 bits per heavy atom. The fourth-order valence-electron chi connectivity index (χ4n) is 2.81. The average Bonchev–Trinajstić information content (AvgIpc) is 2.80. The predicted octanol–water partition coefficient (Wildman–Crippen LogP) is 1.70. The fourth-order valence-corrected chi connectivity index (χ4v) is 2.81. The third-order valence-corrected chi connectivity index (χ3v) is 4.19. The number of imidazole rings is 1. The Kier molecular flexibility index (Phi) is 4.32. The minimum absolute atomic E-state index is 0.0235. The van der Waals surface area contributed by atoms with Crippen molar-refractivity contribution in [1.29, 1.82) is 0 Å². The summed E-state index contributed by atoms with van der Waals surface area (Å²) in [6.07, 6.45) is -0.527. The van der Waals surface area contributed by atoms with E-state index < -0.39 is 6.10 Å². The minimum Gasteiger partial charge on any atom is -0.387 e. The smallest absolute Gasteiger partial charge is 0.328 e. The molecule has 5 heteroatoms. The van der Waals surface area contributed by atoms with E-state index >= 15 is 0 Å². The van der Waals surface area contributed by atoms with Gasteiger partial charge in [0.05, 0.1) is 17.1 Å². The molecular weight excluding hydrogens is 290 g/mol. The monoisotopic (exact) mass is 311 g/mol. The number of rotatable bonds is 5. The molecule has 0 fully saturated rings. The van der Waals surface area contributed by atoms with Crippen LogP contribution in [-0.2, 0) is 20.6 Å². The molecule has 0 amide bonds. The molecule has 120 valence electrons. The van der Waals surface area contributed by atoms with E-state index in [9.17, 15) is 9.90 Å². The van der Waals surface area contributed by atoms with Gasteiger partial charge in [-0.15, -0.1) is 0 Å². The van der Waals surface area contributed by atoms with E-state index in [-0.39, 0.29) is 5.69 Å². The minimum atomic E-state index is -0.527. The fraction of sp³-hybridized carbons (Fsp3) is 0.278. The van der Waals surface area contributed by atoms with E-state index in [4.69, 9.17) is 0 Å². The van der Waals surface area contributed by atoms with Crippen LogP contribution in [0.5, 0.6) is 0 Å². The van der Waals surface area contributed by atoms with E-state index in [1.165, 1.54) is 0 Å². The molecule has 0 aliphatic heterocycles. The van der Waals surface area contributed by atoms with Crippen molar-refractivity contribution in [2.24, 2.45) is 14.1 Å². The quantitative estimate of drug-likeness (QED) is 0.754. The summed E-state index contributed by atoms with van der Waals surface area (Å²) in [6, 6.07) is 15.6. The third-order valence-electron chi connectivity index (χ3n) is 4.19. The van der Waals surface area contributed by atoms with Crippen molar-refractivity contribution in [2.45, 2.75) is 12.6 Å². The number of hydrogen-bond donors (Lipinski definition) is 2. The van der Waals surface area contributed by atoms with E-state index in [0.717, 1.165) is 22.2 Å². The Balaban J connectivity index is 1.68. The van der Waals surface area contributed by atoms with Crippen molar-refractivity contribution < 1.29 is 5.11 Å². The summed E-state index contributed by atoms with van der Waals surface area (Å²) in [5.74, 6) is 0. The van der Waals surface area contributed by atoms with Gasteiger partial charge in [0, 0.05) is 27.2 Å². The second kappa shape index (κ2) is 6.40. The molecule has 0 bridgehead atoms. The predicted molar refractivity (Wildman–Crippen MR) is 91.3 cm³/mol. The number of fused-ring (bicyclic) bond motifs is 1. The summed E-state index contributed by atoms with van der Waals surface area (Å²) < 4.78 is 3.29. The lowest BCUT2D eigenvalue weighted by molar-refractivity contribution is 0.174. The van der Waals surface area contributed by atoms with Crippen LogP contribution in [0.3, 0.4) is 0 Å². The third kappa shape index (κ3) is 3.06. The van der Waals surface area contributed by atoms with Crippen LogP contribution in [-0.4, -0.2) is 20.8 Å². The molecule has 1 heterocycles. The lowest BCUT2D eigenvalue weighted by Crippen LogP contribution is -2.21. The molecule has 2 N–H and O–H groups in total. The van der Waals surface area contributed by atoms with Gasteiger partial charge in [0.15, 0.2) is 0 Å². The standard InChI is InChI=1S/C18H21N3O2/c1-20-15-9-8-13(10-16(15)21(2)18(20)23)11-19-12-17(22)14-6-4-3-5-7-14/h3-10,17,19,22H,11-12H2,1-2H3. The zero-order chi connectivity index (χ0) is 16.4. The Hall–Kier alpha value is -2.37. The molecule has 1 unspecified atom stereocenters. The zero-order valence-electron chi connectivity index (χ0n) is 13.4. The lowest BCUT2D eigenvalue weighted by Gasteiger charge is -2.12.